The Morgan fingerprint density at radius 3 is 2.67 bits per heavy atom. The topological polar surface area (TPSA) is 67.4 Å². The fourth-order valence-corrected chi connectivity index (χ4v) is 3.55. The molecule has 1 N–H and O–H groups in total. The molecule has 0 radical (unpaired) electrons. The Kier molecular flexibility index (Phi) is 4.97. The summed E-state index contributed by atoms with van der Waals surface area (Å²) in [6.07, 6.45) is 10.4. The van der Waals surface area contributed by atoms with Crippen LogP contribution in [0.25, 0.3) is 0 Å². The predicted octanol–water partition coefficient (Wildman–Crippen LogP) is 3.51. The number of pyridine rings is 2. The standard InChI is InChI=1S/C21H26N4O2/c1-2-21(9-10-21)24-19-6-5-16(14-23-19)20(26)25-12-7-17(8-13-25)27-18-4-3-11-22-15-18/h3-6,11,14-15,17H,2,7-10,12-13H2,1H3,(H,23,24). The summed E-state index contributed by atoms with van der Waals surface area (Å²) < 4.78 is 5.95. The monoisotopic (exact) mass is 366 g/mol. The van der Waals surface area contributed by atoms with Crippen molar-refractivity contribution in [2.75, 3.05) is 18.4 Å². The first kappa shape index (κ1) is 17.8. The summed E-state index contributed by atoms with van der Waals surface area (Å²) in [5.74, 6) is 1.69. The first-order valence-electron chi connectivity index (χ1n) is 9.78. The smallest absolute Gasteiger partial charge is 0.255 e. The second-order valence-electron chi connectivity index (χ2n) is 7.49. The summed E-state index contributed by atoms with van der Waals surface area (Å²) in [4.78, 5) is 23.2. The summed E-state index contributed by atoms with van der Waals surface area (Å²) in [5, 5.41) is 3.50. The number of hydrogen-bond donors (Lipinski definition) is 1. The molecule has 6 nitrogen and oxygen atoms in total. The highest BCUT2D eigenvalue weighted by atomic mass is 16.5. The van der Waals surface area contributed by atoms with Crippen molar-refractivity contribution in [1.82, 2.24) is 14.9 Å². The molecular weight excluding hydrogens is 340 g/mol. The van der Waals surface area contributed by atoms with Crippen molar-refractivity contribution in [3.8, 4) is 5.75 Å². The van der Waals surface area contributed by atoms with Crippen molar-refractivity contribution in [3.05, 3.63) is 48.4 Å². The average molecular weight is 366 g/mol. The van der Waals surface area contributed by atoms with E-state index in [1.807, 2.05) is 29.2 Å². The van der Waals surface area contributed by atoms with E-state index in [9.17, 15) is 4.79 Å². The minimum absolute atomic E-state index is 0.0468. The molecule has 3 heterocycles. The van der Waals surface area contributed by atoms with Gasteiger partial charge in [-0.3, -0.25) is 9.78 Å². The summed E-state index contributed by atoms with van der Waals surface area (Å²) >= 11 is 0. The lowest BCUT2D eigenvalue weighted by Gasteiger charge is -2.32. The Hall–Kier alpha value is -2.63. The third-order valence-corrected chi connectivity index (χ3v) is 5.60. The van der Waals surface area contributed by atoms with E-state index in [-0.39, 0.29) is 17.6 Å². The molecule has 0 spiro atoms. The fourth-order valence-electron chi connectivity index (χ4n) is 3.55. The van der Waals surface area contributed by atoms with Crippen LogP contribution >= 0.6 is 0 Å². The van der Waals surface area contributed by atoms with Gasteiger partial charge in [-0.15, -0.1) is 0 Å². The second-order valence-corrected chi connectivity index (χ2v) is 7.49. The van der Waals surface area contributed by atoms with Crippen molar-refractivity contribution >= 4 is 11.7 Å². The van der Waals surface area contributed by atoms with Crippen molar-refractivity contribution in [2.24, 2.45) is 0 Å². The molecule has 2 aliphatic rings. The average Bonchev–Trinajstić information content (AvgIpc) is 3.49. The number of ether oxygens (including phenoxy) is 1. The van der Waals surface area contributed by atoms with Gasteiger partial charge in [-0.25, -0.2) is 4.98 Å². The van der Waals surface area contributed by atoms with E-state index in [1.54, 1.807) is 18.6 Å². The van der Waals surface area contributed by atoms with Crippen LogP contribution < -0.4 is 10.1 Å². The van der Waals surface area contributed by atoms with Crippen LogP contribution in [0.2, 0.25) is 0 Å². The maximum Gasteiger partial charge on any atom is 0.255 e. The van der Waals surface area contributed by atoms with Crippen LogP contribution in [0.5, 0.6) is 5.75 Å². The van der Waals surface area contributed by atoms with E-state index < -0.39 is 0 Å². The minimum Gasteiger partial charge on any atom is -0.489 e. The number of carbonyl (C=O) groups excluding carboxylic acids is 1. The first-order valence-corrected chi connectivity index (χ1v) is 9.78. The van der Waals surface area contributed by atoms with Crippen LogP contribution in [0.4, 0.5) is 5.82 Å². The molecule has 1 aliphatic carbocycles. The van der Waals surface area contributed by atoms with Crippen molar-refractivity contribution in [2.45, 2.75) is 50.7 Å². The van der Waals surface area contributed by atoms with Crippen molar-refractivity contribution in [1.29, 1.82) is 0 Å². The van der Waals surface area contributed by atoms with Gasteiger partial charge in [-0.2, -0.15) is 0 Å². The van der Waals surface area contributed by atoms with Gasteiger partial charge in [0.1, 0.15) is 17.7 Å². The van der Waals surface area contributed by atoms with Gasteiger partial charge in [0.15, 0.2) is 0 Å². The van der Waals surface area contributed by atoms with Crippen LogP contribution in [0.3, 0.4) is 0 Å². The lowest BCUT2D eigenvalue weighted by atomic mass is 10.1. The molecule has 2 fully saturated rings. The molecule has 27 heavy (non-hydrogen) atoms. The summed E-state index contributed by atoms with van der Waals surface area (Å²) in [6, 6.07) is 7.57. The number of anilines is 1. The second kappa shape index (κ2) is 7.55. The van der Waals surface area contributed by atoms with E-state index in [0.29, 0.717) is 18.7 Å². The Morgan fingerprint density at radius 1 is 1.26 bits per heavy atom. The number of nitrogens with one attached hydrogen (secondary N) is 1. The lowest BCUT2D eigenvalue weighted by Crippen LogP contribution is -2.41. The minimum atomic E-state index is 0.0468. The highest BCUT2D eigenvalue weighted by Gasteiger charge is 2.40. The SMILES string of the molecule is CCC1(Nc2ccc(C(=O)N3CCC(Oc4cccnc4)CC3)cn2)CC1. The maximum atomic E-state index is 12.7. The van der Waals surface area contributed by atoms with Crippen molar-refractivity contribution < 1.29 is 9.53 Å². The van der Waals surface area contributed by atoms with E-state index in [0.717, 1.165) is 30.8 Å². The number of likely N-dealkylation sites (tertiary alicyclic amines) is 1. The normalized spacial score (nSPS) is 18.8. The number of carbonyl (C=O) groups is 1. The largest absolute Gasteiger partial charge is 0.489 e. The lowest BCUT2D eigenvalue weighted by molar-refractivity contribution is 0.0594. The highest BCUT2D eigenvalue weighted by Crippen LogP contribution is 2.41. The molecule has 1 saturated carbocycles. The molecule has 2 aromatic rings. The number of aromatic nitrogens is 2. The molecule has 6 heteroatoms. The third kappa shape index (κ3) is 4.21. The van der Waals surface area contributed by atoms with Gasteiger partial charge in [-0.1, -0.05) is 6.92 Å². The zero-order valence-electron chi connectivity index (χ0n) is 15.7. The van der Waals surface area contributed by atoms with Gasteiger partial charge in [-0.05, 0) is 43.5 Å². The molecule has 0 aromatic carbocycles. The number of hydrogen-bond acceptors (Lipinski definition) is 5. The van der Waals surface area contributed by atoms with E-state index >= 15 is 0 Å². The van der Waals surface area contributed by atoms with Crippen LogP contribution in [0, 0.1) is 0 Å². The van der Waals surface area contributed by atoms with E-state index in [4.69, 9.17) is 4.74 Å². The Morgan fingerprint density at radius 2 is 2.07 bits per heavy atom. The number of rotatable bonds is 6. The highest BCUT2D eigenvalue weighted by molar-refractivity contribution is 5.94. The molecule has 142 valence electrons. The van der Waals surface area contributed by atoms with Gasteiger partial charge in [0.2, 0.25) is 0 Å². The number of amides is 1. The quantitative estimate of drug-likeness (QED) is 0.847. The predicted molar refractivity (Wildman–Crippen MR) is 104 cm³/mol. The summed E-state index contributed by atoms with van der Waals surface area (Å²) in [6.45, 7) is 3.59. The molecule has 0 bridgehead atoms. The maximum absolute atomic E-state index is 12.7. The molecule has 1 aliphatic heterocycles. The summed E-state index contributed by atoms with van der Waals surface area (Å²) in [7, 11) is 0. The first-order chi connectivity index (χ1) is 13.2. The van der Waals surface area contributed by atoms with Gasteiger partial charge in [0.05, 0.1) is 11.8 Å². The van der Waals surface area contributed by atoms with Gasteiger partial charge in [0.25, 0.3) is 5.91 Å². The molecule has 4 rings (SSSR count). The van der Waals surface area contributed by atoms with Crippen LogP contribution in [-0.4, -0.2) is 45.5 Å². The third-order valence-electron chi connectivity index (χ3n) is 5.60. The Labute approximate surface area is 160 Å². The molecule has 0 unspecified atom stereocenters. The fraction of sp³-hybridized carbons (Fsp3) is 0.476. The van der Waals surface area contributed by atoms with Crippen LogP contribution in [-0.2, 0) is 0 Å². The molecule has 2 aromatic heterocycles. The molecule has 1 saturated heterocycles. The summed E-state index contributed by atoms with van der Waals surface area (Å²) in [5.41, 5.74) is 0.878. The molecular formula is C21H26N4O2. The number of piperidine rings is 1. The molecule has 1 amide bonds. The van der Waals surface area contributed by atoms with Gasteiger partial charge >= 0.3 is 0 Å². The number of nitrogens with zero attached hydrogens (tertiary/aromatic N) is 3. The van der Waals surface area contributed by atoms with Crippen molar-refractivity contribution in [3.63, 3.8) is 0 Å². The zero-order valence-corrected chi connectivity index (χ0v) is 15.7. The molecule has 0 atom stereocenters. The Bertz CT molecular complexity index is 767. The van der Waals surface area contributed by atoms with E-state index in [2.05, 4.69) is 22.2 Å². The van der Waals surface area contributed by atoms with Gasteiger partial charge in [0, 0.05) is 43.9 Å². The van der Waals surface area contributed by atoms with Gasteiger partial charge < -0.3 is 15.0 Å². The van der Waals surface area contributed by atoms with E-state index in [1.165, 1.54) is 12.8 Å². The van der Waals surface area contributed by atoms with Crippen LogP contribution in [0.15, 0.2) is 42.9 Å². The Balaban J connectivity index is 1.30. The van der Waals surface area contributed by atoms with Crippen LogP contribution in [0.1, 0.15) is 49.4 Å². The zero-order chi connectivity index (χ0) is 18.7.